The van der Waals surface area contributed by atoms with Crippen molar-refractivity contribution >= 4 is 6.09 Å². The summed E-state index contributed by atoms with van der Waals surface area (Å²) in [7, 11) is 0. The monoisotopic (exact) mass is 319 g/mol. The van der Waals surface area contributed by atoms with Gasteiger partial charge in [-0.05, 0) is 51.8 Å². The van der Waals surface area contributed by atoms with E-state index in [4.69, 9.17) is 9.47 Å². The Balaban J connectivity index is 2.56. The number of aryl methyl sites for hydroxylation is 1. The van der Waals surface area contributed by atoms with Crippen LogP contribution in [0.2, 0.25) is 0 Å². The number of benzene rings is 1. The topological polar surface area (TPSA) is 47.6 Å². The van der Waals surface area contributed by atoms with Crippen molar-refractivity contribution in [2.24, 2.45) is 0 Å². The van der Waals surface area contributed by atoms with Gasteiger partial charge in [-0.1, -0.05) is 31.5 Å². The summed E-state index contributed by atoms with van der Waals surface area (Å²) in [5.41, 5.74) is 0.609. The van der Waals surface area contributed by atoms with Crippen molar-refractivity contribution in [2.45, 2.75) is 59.5 Å². The third-order valence-corrected chi connectivity index (χ3v) is 3.03. The van der Waals surface area contributed by atoms with Crippen molar-refractivity contribution in [2.75, 3.05) is 6.54 Å². The fraction of sp³-hybridized carbons (Fsp3) is 0.526. The zero-order chi connectivity index (χ0) is 17.3. The van der Waals surface area contributed by atoms with E-state index in [0.717, 1.165) is 29.9 Å². The van der Waals surface area contributed by atoms with Gasteiger partial charge in [0.05, 0.1) is 0 Å². The Morgan fingerprint density at radius 3 is 2.57 bits per heavy atom. The summed E-state index contributed by atoms with van der Waals surface area (Å²) < 4.78 is 11.2. The molecule has 0 saturated heterocycles. The van der Waals surface area contributed by atoms with Gasteiger partial charge in [-0.15, -0.1) is 0 Å². The Morgan fingerprint density at radius 2 is 1.96 bits per heavy atom. The standard InChI is InChI=1S/C19H29NO3/c1-6-7-11-16(22-17-12-9-8-10-15(17)2)13-14-20-18(21)23-19(3,4)5/h8-12H,6-7,13-14H2,1-5H3,(H,20,21)/b16-11+. The number of nitrogens with one attached hydrogen (secondary N) is 1. The SMILES string of the molecule is CCC/C=C(\CCNC(=O)OC(C)(C)C)Oc1ccccc1C. The number of rotatable bonds is 7. The maximum absolute atomic E-state index is 11.7. The van der Waals surface area contributed by atoms with E-state index in [1.807, 2.05) is 52.0 Å². The second-order valence-corrected chi connectivity index (χ2v) is 6.51. The van der Waals surface area contributed by atoms with Crippen LogP contribution in [0.4, 0.5) is 4.79 Å². The van der Waals surface area contributed by atoms with Crippen molar-refractivity contribution < 1.29 is 14.3 Å². The molecule has 0 unspecified atom stereocenters. The first-order chi connectivity index (χ1) is 10.8. The molecule has 1 aromatic carbocycles. The molecule has 0 heterocycles. The summed E-state index contributed by atoms with van der Waals surface area (Å²) >= 11 is 0. The van der Waals surface area contributed by atoms with Crippen LogP contribution in [-0.4, -0.2) is 18.2 Å². The summed E-state index contributed by atoms with van der Waals surface area (Å²) in [5.74, 6) is 1.73. The molecule has 0 aromatic heterocycles. The van der Waals surface area contributed by atoms with Gasteiger partial charge in [-0.3, -0.25) is 0 Å². The van der Waals surface area contributed by atoms with Gasteiger partial charge in [0.15, 0.2) is 0 Å². The van der Waals surface area contributed by atoms with Gasteiger partial charge in [0.2, 0.25) is 0 Å². The molecular formula is C19H29NO3. The first-order valence-corrected chi connectivity index (χ1v) is 8.21. The number of carbonyl (C=O) groups is 1. The highest BCUT2D eigenvalue weighted by molar-refractivity contribution is 5.67. The van der Waals surface area contributed by atoms with Crippen molar-refractivity contribution in [1.82, 2.24) is 5.32 Å². The number of carbonyl (C=O) groups excluding carboxylic acids is 1. The molecule has 0 saturated carbocycles. The van der Waals surface area contributed by atoms with Gasteiger partial charge in [-0.2, -0.15) is 0 Å². The number of allylic oxidation sites excluding steroid dienone is 1. The molecular weight excluding hydrogens is 290 g/mol. The van der Waals surface area contributed by atoms with Crippen molar-refractivity contribution in [3.05, 3.63) is 41.7 Å². The van der Waals surface area contributed by atoms with Crippen LogP contribution >= 0.6 is 0 Å². The second-order valence-electron chi connectivity index (χ2n) is 6.51. The number of unbranched alkanes of at least 4 members (excludes halogenated alkanes) is 1. The molecule has 0 aliphatic carbocycles. The summed E-state index contributed by atoms with van der Waals surface area (Å²) in [4.78, 5) is 11.7. The maximum atomic E-state index is 11.7. The molecule has 1 rings (SSSR count). The molecule has 0 spiro atoms. The first-order valence-electron chi connectivity index (χ1n) is 8.21. The Hall–Kier alpha value is -1.97. The van der Waals surface area contributed by atoms with Gasteiger partial charge in [0.1, 0.15) is 17.1 Å². The Morgan fingerprint density at radius 1 is 1.26 bits per heavy atom. The zero-order valence-electron chi connectivity index (χ0n) is 14.9. The van der Waals surface area contributed by atoms with E-state index in [2.05, 4.69) is 18.3 Å². The predicted molar refractivity (Wildman–Crippen MR) is 93.7 cm³/mol. The Labute approximate surface area is 139 Å². The third kappa shape index (κ3) is 8.29. The normalized spacial score (nSPS) is 12.0. The fourth-order valence-electron chi connectivity index (χ4n) is 1.91. The van der Waals surface area contributed by atoms with Gasteiger partial charge in [0.25, 0.3) is 0 Å². The van der Waals surface area contributed by atoms with E-state index in [1.165, 1.54) is 0 Å². The highest BCUT2D eigenvalue weighted by Crippen LogP contribution is 2.20. The molecule has 0 atom stereocenters. The van der Waals surface area contributed by atoms with E-state index >= 15 is 0 Å². The largest absolute Gasteiger partial charge is 0.462 e. The summed E-state index contributed by atoms with van der Waals surface area (Å²) in [6.45, 7) is 10.2. The zero-order valence-corrected chi connectivity index (χ0v) is 14.9. The van der Waals surface area contributed by atoms with Crippen molar-refractivity contribution in [3.8, 4) is 5.75 Å². The Kier molecular flexibility index (Phi) is 7.66. The lowest BCUT2D eigenvalue weighted by atomic mass is 10.2. The van der Waals surface area contributed by atoms with Crippen LogP contribution in [0, 0.1) is 6.92 Å². The lowest BCUT2D eigenvalue weighted by molar-refractivity contribution is 0.0527. The molecule has 0 aliphatic heterocycles. The minimum Gasteiger partial charge on any atom is -0.462 e. The molecule has 4 heteroatoms. The molecule has 1 amide bonds. The molecule has 1 aromatic rings. The number of hydrogen-bond donors (Lipinski definition) is 1. The van der Waals surface area contributed by atoms with E-state index in [1.54, 1.807) is 0 Å². The van der Waals surface area contributed by atoms with Crippen LogP contribution < -0.4 is 10.1 Å². The molecule has 0 fully saturated rings. The average Bonchev–Trinajstić information content (AvgIpc) is 2.45. The van der Waals surface area contributed by atoms with Crippen LogP contribution in [-0.2, 0) is 4.74 Å². The van der Waals surface area contributed by atoms with Crippen molar-refractivity contribution in [3.63, 3.8) is 0 Å². The molecule has 23 heavy (non-hydrogen) atoms. The summed E-state index contributed by atoms with van der Waals surface area (Å²) in [6.07, 6.45) is 4.33. The molecule has 1 N–H and O–H groups in total. The fourth-order valence-corrected chi connectivity index (χ4v) is 1.91. The van der Waals surface area contributed by atoms with Crippen LogP contribution in [0.15, 0.2) is 36.1 Å². The van der Waals surface area contributed by atoms with Crippen LogP contribution in [0.25, 0.3) is 0 Å². The number of ether oxygens (including phenoxy) is 2. The van der Waals surface area contributed by atoms with Crippen LogP contribution in [0.5, 0.6) is 5.75 Å². The highest BCUT2D eigenvalue weighted by Gasteiger charge is 2.15. The maximum Gasteiger partial charge on any atom is 0.407 e. The van der Waals surface area contributed by atoms with Gasteiger partial charge in [-0.25, -0.2) is 4.79 Å². The average molecular weight is 319 g/mol. The molecule has 0 bridgehead atoms. The lowest BCUT2D eigenvalue weighted by Gasteiger charge is -2.20. The highest BCUT2D eigenvalue weighted by atomic mass is 16.6. The van der Waals surface area contributed by atoms with E-state index in [-0.39, 0.29) is 0 Å². The number of alkyl carbamates (subject to hydrolysis) is 1. The van der Waals surface area contributed by atoms with Gasteiger partial charge in [0, 0.05) is 13.0 Å². The minimum absolute atomic E-state index is 0.400. The van der Waals surface area contributed by atoms with Crippen LogP contribution in [0.1, 0.15) is 52.5 Å². The quantitative estimate of drug-likeness (QED) is 0.722. The van der Waals surface area contributed by atoms with E-state index in [9.17, 15) is 4.79 Å². The number of amides is 1. The Bertz CT molecular complexity index is 530. The van der Waals surface area contributed by atoms with E-state index in [0.29, 0.717) is 13.0 Å². The number of para-hydroxylation sites is 1. The van der Waals surface area contributed by atoms with Gasteiger partial charge >= 0.3 is 6.09 Å². The molecule has 4 nitrogen and oxygen atoms in total. The van der Waals surface area contributed by atoms with Crippen LogP contribution in [0.3, 0.4) is 0 Å². The molecule has 0 aliphatic rings. The van der Waals surface area contributed by atoms with Crippen molar-refractivity contribution in [1.29, 1.82) is 0 Å². The predicted octanol–water partition coefficient (Wildman–Crippen LogP) is 4.97. The first kappa shape index (κ1) is 19.1. The number of hydrogen-bond acceptors (Lipinski definition) is 3. The van der Waals surface area contributed by atoms with Gasteiger partial charge < -0.3 is 14.8 Å². The summed E-state index contributed by atoms with van der Waals surface area (Å²) in [5, 5.41) is 2.76. The molecule has 128 valence electrons. The smallest absolute Gasteiger partial charge is 0.407 e. The lowest BCUT2D eigenvalue weighted by Crippen LogP contribution is -2.33. The van der Waals surface area contributed by atoms with E-state index < -0.39 is 11.7 Å². The third-order valence-electron chi connectivity index (χ3n) is 3.03. The minimum atomic E-state index is -0.484. The summed E-state index contributed by atoms with van der Waals surface area (Å²) in [6, 6.07) is 7.92. The molecule has 0 radical (unpaired) electrons. The second kappa shape index (κ2) is 9.23.